The van der Waals surface area contributed by atoms with Crippen molar-refractivity contribution in [3.63, 3.8) is 0 Å². The summed E-state index contributed by atoms with van der Waals surface area (Å²) in [7, 11) is 0. The van der Waals surface area contributed by atoms with Gasteiger partial charge in [0.1, 0.15) is 16.4 Å². The van der Waals surface area contributed by atoms with Gasteiger partial charge in [0.15, 0.2) is 5.16 Å². The molecule has 3 rings (SSSR count). The number of halogens is 3. The summed E-state index contributed by atoms with van der Waals surface area (Å²) < 4.78 is 38.2. The summed E-state index contributed by atoms with van der Waals surface area (Å²) in [4.78, 5) is 20.6. The second kappa shape index (κ2) is 10.1. The number of aromatic carboxylic acids is 1. The lowest BCUT2D eigenvalue weighted by atomic mass is 10.1. The third kappa shape index (κ3) is 6.14. The Hall–Kier alpha value is -2.72. The van der Waals surface area contributed by atoms with Crippen LogP contribution in [0.1, 0.15) is 27.0 Å². The Morgan fingerprint density at radius 1 is 1.03 bits per heavy atom. The molecule has 0 radical (unpaired) electrons. The zero-order chi connectivity index (χ0) is 22.4. The van der Waals surface area contributed by atoms with Gasteiger partial charge in [-0.05, 0) is 29.5 Å². The number of hydrogen-bond acceptors (Lipinski definition) is 6. The molecule has 0 aliphatic rings. The summed E-state index contributed by atoms with van der Waals surface area (Å²) >= 11 is 2.56. The van der Waals surface area contributed by atoms with E-state index in [1.807, 2.05) is 30.3 Å². The number of alkyl halides is 3. The van der Waals surface area contributed by atoms with Gasteiger partial charge >= 0.3 is 12.1 Å². The van der Waals surface area contributed by atoms with Gasteiger partial charge < -0.3 is 10.4 Å². The molecule has 0 saturated heterocycles. The van der Waals surface area contributed by atoms with E-state index < -0.39 is 17.7 Å². The maximum Gasteiger partial charge on any atom is 0.416 e. The molecule has 0 unspecified atom stereocenters. The second-order valence-corrected chi connectivity index (χ2v) is 8.10. The van der Waals surface area contributed by atoms with Crippen LogP contribution >= 0.6 is 23.5 Å². The normalized spacial score (nSPS) is 11.4. The van der Waals surface area contributed by atoms with E-state index in [2.05, 4.69) is 15.3 Å². The minimum atomic E-state index is -4.41. The monoisotopic (exact) mass is 465 g/mol. The van der Waals surface area contributed by atoms with E-state index >= 15 is 0 Å². The highest BCUT2D eigenvalue weighted by molar-refractivity contribution is 7.99. The maximum atomic E-state index is 12.7. The Morgan fingerprint density at radius 2 is 1.71 bits per heavy atom. The van der Waals surface area contributed by atoms with Crippen LogP contribution < -0.4 is 5.32 Å². The van der Waals surface area contributed by atoms with Crippen molar-refractivity contribution in [2.45, 2.75) is 28.7 Å². The smallest absolute Gasteiger partial charge is 0.416 e. The number of rotatable bonds is 8. The van der Waals surface area contributed by atoms with Crippen LogP contribution in [0.15, 0.2) is 64.8 Å². The summed E-state index contributed by atoms with van der Waals surface area (Å²) in [5.41, 5.74) is 0.777. The first-order valence-electron chi connectivity index (χ1n) is 9.04. The molecule has 1 heterocycles. The van der Waals surface area contributed by atoms with Crippen molar-refractivity contribution < 1.29 is 23.1 Å². The van der Waals surface area contributed by atoms with E-state index in [-0.39, 0.29) is 17.9 Å². The summed E-state index contributed by atoms with van der Waals surface area (Å²) in [5, 5.41) is 13.4. The number of anilines is 1. The average molecular weight is 466 g/mol. The molecule has 0 bridgehead atoms. The molecular formula is C21H18F3N3O2S2. The van der Waals surface area contributed by atoms with E-state index in [1.165, 1.54) is 35.7 Å². The second-order valence-electron chi connectivity index (χ2n) is 6.37. The van der Waals surface area contributed by atoms with Crippen LogP contribution in [-0.2, 0) is 18.5 Å². The molecule has 0 saturated carbocycles. The third-order valence-corrected chi connectivity index (χ3v) is 5.81. The third-order valence-electron chi connectivity index (χ3n) is 4.21. The number of carboxylic acid groups (broad SMARTS) is 1. The van der Waals surface area contributed by atoms with Crippen LogP contribution in [0, 0.1) is 0 Å². The number of carbonyl (C=O) groups is 1. The Morgan fingerprint density at radius 3 is 2.29 bits per heavy atom. The molecule has 2 aromatic carbocycles. The summed E-state index contributed by atoms with van der Waals surface area (Å²) in [6.07, 6.45) is -2.63. The molecule has 0 aliphatic carbocycles. The van der Waals surface area contributed by atoms with Gasteiger partial charge in [-0.2, -0.15) is 13.2 Å². The predicted octanol–water partition coefficient (Wildman–Crippen LogP) is 5.82. The highest BCUT2D eigenvalue weighted by Gasteiger charge is 2.30. The Bertz CT molecular complexity index is 1050. The molecule has 31 heavy (non-hydrogen) atoms. The number of carboxylic acids is 1. The highest BCUT2D eigenvalue weighted by atomic mass is 32.2. The summed E-state index contributed by atoms with van der Waals surface area (Å²) in [6, 6.07) is 14.2. The number of nitrogens with zero attached hydrogens (tertiary/aromatic N) is 2. The summed E-state index contributed by atoms with van der Waals surface area (Å²) in [6.45, 7) is 0.117. The lowest BCUT2D eigenvalue weighted by Crippen LogP contribution is -2.12. The van der Waals surface area contributed by atoms with Crippen molar-refractivity contribution in [3.8, 4) is 0 Å². The number of aromatic nitrogens is 2. The van der Waals surface area contributed by atoms with Crippen molar-refractivity contribution in [1.82, 2.24) is 9.97 Å². The zero-order valence-corrected chi connectivity index (χ0v) is 17.9. The van der Waals surface area contributed by atoms with E-state index in [4.69, 9.17) is 0 Å². The van der Waals surface area contributed by atoms with Crippen LogP contribution in [0.2, 0.25) is 0 Å². The number of hydrogen-bond donors (Lipinski definition) is 2. The van der Waals surface area contributed by atoms with Gasteiger partial charge in [-0.15, -0.1) is 11.8 Å². The molecule has 1 aromatic heterocycles. The zero-order valence-electron chi connectivity index (χ0n) is 16.3. The van der Waals surface area contributed by atoms with E-state index in [9.17, 15) is 23.1 Å². The predicted molar refractivity (Wildman–Crippen MR) is 116 cm³/mol. The van der Waals surface area contributed by atoms with Gasteiger partial charge in [-0.3, -0.25) is 0 Å². The first-order chi connectivity index (χ1) is 14.8. The molecule has 0 fully saturated rings. The van der Waals surface area contributed by atoms with Gasteiger partial charge in [0.2, 0.25) is 0 Å². The number of benzene rings is 2. The molecular weight excluding hydrogens is 447 g/mol. The van der Waals surface area contributed by atoms with Gasteiger partial charge in [0.05, 0.1) is 5.56 Å². The van der Waals surface area contributed by atoms with Crippen molar-refractivity contribution >= 4 is 35.3 Å². The van der Waals surface area contributed by atoms with Crippen molar-refractivity contribution in [2.24, 2.45) is 0 Å². The fraction of sp³-hybridized carbons (Fsp3) is 0.190. The SMILES string of the molecule is CSc1nc(NCc2ccc(C(F)(F)F)cc2)c(C(=O)O)c(SCc2ccccc2)n1. The van der Waals surface area contributed by atoms with Crippen LogP contribution in [-0.4, -0.2) is 27.3 Å². The fourth-order valence-electron chi connectivity index (χ4n) is 2.66. The van der Waals surface area contributed by atoms with Crippen molar-refractivity contribution in [2.75, 3.05) is 11.6 Å². The Kier molecular flexibility index (Phi) is 7.45. The van der Waals surface area contributed by atoms with E-state index in [0.717, 1.165) is 17.7 Å². The van der Waals surface area contributed by atoms with Crippen LogP contribution in [0.5, 0.6) is 0 Å². The van der Waals surface area contributed by atoms with Gasteiger partial charge in [0.25, 0.3) is 0 Å². The first-order valence-corrected chi connectivity index (χ1v) is 11.2. The lowest BCUT2D eigenvalue weighted by Gasteiger charge is -2.14. The minimum absolute atomic E-state index is 0.0642. The van der Waals surface area contributed by atoms with E-state index in [0.29, 0.717) is 21.5 Å². The molecule has 10 heteroatoms. The Balaban J connectivity index is 1.83. The van der Waals surface area contributed by atoms with Crippen LogP contribution in [0.3, 0.4) is 0 Å². The lowest BCUT2D eigenvalue weighted by molar-refractivity contribution is -0.137. The maximum absolute atomic E-state index is 12.7. The first kappa shape index (κ1) is 23.0. The van der Waals surface area contributed by atoms with E-state index in [1.54, 1.807) is 6.26 Å². The molecule has 0 amide bonds. The molecule has 0 atom stereocenters. The van der Waals surface area contributed by atoms with Crippen molar-refractivity contribution in [3.05, 3.63) is 76.9 Å². The standard InChI is InChI=1S/C21H18F3N3O2S2/c1-30-20-26-17(25-11-13-7-9-15(10-8-13)21(22,23)24)16(19(28)29)18(27-20)31-12-14-5-3-2-4-6-14/h2-10H,11-12H2,1H3,(H,28,29)(H,25,26,27). The largest absolute Gasteiger partial charge is 0.477 e. The molecule has 3 aromatic rings. The number of thioether (sulfide) groups is 2. The minimum Gasteiger partial charge on any atom is -0.477 e. The average Bonchev–Trinajstić information content (AvgIpc) is 2.76. The van der Waals surface area contributed by atoms with Crippen molar-refractivity contribution in [1.29, 1.82) is 0 Å². The summed E-state index contributed by atoms with van der Waals surface area (Å²) in [5.74, 6) is -0.523. The fourth-order valence-corrected chi connectivity index (χ4v) is 4.06. The Labute approximate surface area is 185 Å². The van der Waals surface area contributed by atoms with Gasteiger partial charge in [0, 0.05) is 12.3 Å². The molecule has 0 spiro atoms. The topological polar surface area (TPSA) is 75.1 Å². The van der Waals surface area contributed by atoms with Gasteiger partial charge in [-0.1, -0.05) is 54.2 Å². The van der Waals surface area contributed by atoms with Crippen LogP contribution in [0.25, 0.3) is 0 Å². The van der Waals surface area contributed by atoms with Crippen LogP contribution in [0.4, 0.5) is 19.0 Å². The quantitative estimate of drug-likeness (QED) is 0.247. The number of nitrogens with one attached hydrogen (secondary N) is 1. The molecule has 5 nitrogen and oxygen atoms in total. The molecule has 0 aliphatic heterocycles. The molecule has 162 valence electrons. The molecule has 2 N–H and O–H groups in total. The van der Waals surface area contributed by atoms with Gasteiger partial charge in [-0.25, -0.2) is 14.8 Å². The highest BCUT2D eigenvalue weighted by Crippen LogP contribution is 2.31.